The first-order chi connectivity index (χ1) is 10.7. The normalized spacial score (nSPS) is 17.9. The summed E-state index contributed by atoms with van der Waals surface area (Å²) in [5, 5.41) is 0. The van der Waals surface area contributed by atoms with Crippen LogP contribution in [0.15, 0.2) is 42.5 Å². The lowest BCUT2D eigenvalue weighted by Crippen LogP contribution is -2.30. The topological polar surface area (TPSA) is 35.5 Å². The number of ether oxygens (including phenoxy) is 2. The van der Waals surface area contributed by atoms with Gasteiger partial charge < -0.3 is 9.47 Å². The van der Waals surface area contributed by atoms with Crippen molar-refractivity contribution in [3.63, 3.8) is 0 Å². The fraction of sp³-hybridized carbons (Fsp3) is 0.211. The molecule has 3 nitrogen and oxygen atoms in total. The van der Waals surface area contributed by atoms with Gasteiger partial charge in [0.15, 0.2) is 5.78 Å². The highest BCUT2D eigenvalue weighted by molar-refractivity contribution is 5.95. The van der Waals surface area contributed by atoms with Gasteiger partial charge in [0.2, 0.25) is 5.79 Å². The fourth-order valence-corrected chi connectivity index (χ4v) is 3.21. The van der Waals surface area contributed by atoms with Gasteiger partial charge in [-0.3, -0.25) is 4.79 Å². The second-order valence-corrected chi connectivity index (χ2v) is 5.59. The van der Waals surface area contributed by atoms with E-state index in [-0.39, 0.29) is 5.78 Å². The predicted octanol–water partition coefficient (Wildman–Crippen LogP) is 3.62. The molecule has 2 aliphatic rings. The molecule has 1 fully saturated rings. The van der Waals surface area contributed by atoms with E-state index < -0.39 is 5.79 Å². The molecule has 22 heavy (non-hydrogen) atoms. The lowest BCUT2D eigenvalue weighted by Gasteiger charge is -2.30. The van der Waals surface area contributed by atoms with E-state index in [4.69, 9.17) is 9.47 Å². The lowest BCUT2D eigenvalue weighted by molar-refractivity contribution is -0.130. The van der Waals surface area contributed by atoms with Gasteiger partial charge in [0, 0.05) is 16.7 Å². The van der Waals surface area contributed by atoms with Crippen LogP contribution >= 0.6 is 0 Å². The zero-order chi connectivity index (χ0) is 15.2. The number of carbonyl (C=O) groups is 1. The van der Waals surface area contributed by atoms with E-state index in [9.17, 15) is 4.79 Å². The smallest absolute Gasteiger partial charge is 0.223 e. The average molecular weight is 292 g/mol. The molecule has 0 atom stereocenters. The van der Waals surface area contributed by atoms with Crippen molar-refractivity contribution >= 4 is 17.9 Å². The van der Waals surface area contributed by atoms with Gasteiger partial charge in [0.1, 0.15) is 0 Å². The van der Waals surface area contributed by atoms with Crippen molar-refractivity contribution in [2.45, 2.75) is 12.7 Å². The summed E-state index contributed by atoms with van der Waals surface area (Å²) in [6.45, 7) is 2.69. The second kappa shape index (κ2) is 4.90. The van der Waals surface area contributed by atoms with Crippen molar-refractivity contribution in [1.82, 2.24) is 0 Å². The van der Waals surface area contributed by atoms with Crippen molar-refractivity contribution < 1.29 is 14.3 Å². The fourth-order valence-electron chi connectivity index (χ4n) is 3.21. The zero-order valence-corrected chi connectivity index (χ0v) is 12.3. The van der Waals surface area contributed by atoms with Crippen LogP contribution in [0.3, 0.4) is 0 Å². The number of fused-ring (bicyclic) bond motifs is 4. The summed E-state index contributed by atoms with van der Waals surface area (Å²) in [6, 6.07) is 13.8. The Morgan fingerprint density at radius 2 is 1.64 bits per heavy atom. The Morgan fingerprint density at radius 3 is 2.41 bits per heavy atom. The molecule has 2 aromatic rings. The van der Waals surface area contributed by atoms with Gasteiger partial charge >= 0.3 is 0 Å². The van der Waals surface area contributed by atoms with Crippen LogP contribution in [0.1, 0.15) is 39.5 Å². The number of Topliss-reactive ketones (excluding diaryl/α,β-unsaturated/α-hetero) is 1. The highest BCUT2D eigenvalue weighted by Gasteiger charge is 2.43. The summed E-state index contributed by atoms with van der Waals surface area (Å²) in [7, 11) is 0. The highest BCUT2D eigenvalue weighted by Crippen LogP contribution is 2.44. The number of hydrogen-bond donors (Lipinski definition) is 0. The highest BCUT2D eigenvalue weighted by atomic mass is 16.7. The van der Waals surface area contributed by atoms with E-state index >= 15 is 0 Å². The minimum atomic E-state index is -0.870. The van der Waals surface area contributed by atoms with Gasteiger partial charge in [-0.25, -0.2) is 0 Å². The molecule has 0 aromatic heterocycles. The summed E-state index contributed by atoms with van der Waals surface area (Å²) >= 11 is 0. The van der Waals surface area contributed by atoms with Crippen molar-refractivity contribution in [2.24, 2.45) is 0 Å². The van der Waals surface area contributed by atoms with Crippen LogP contribution < -0.4 is 0 Å². The molecule has 0 unspecified atom stereocenters. The number of carbonyl (C=O) groups excluding carboxylic acids is 1. The first-order valence-corrected chi connectivity index (χ1v) is 7.42. The van der Waals surface area contributed by atoms with Crippen LogP contribution in [-0.4, -0.2) is 19.0 Å². The van der Waals surface area contributed by atoms with Crippen LogP contribution in [0.2, 0.25) is 0 Å². The molecule has 1 heterocycles. The van der Waals surface area contributed by atoms with Crippen LogP contribution in [0, 0.1) is 0 Å². The summed E-state index contributed by atoms with van der Waals surface area (Å²) in [5.74, 6) is -0.814. The second-order valence-electron chi connectivity index (χ2n) is 5.59. The van der Waals surface area contributed by atoms with Gasteiger partial charge in [0.25, 0.3) is 0 Å². The zero-order valence-electron chi connectivity index (χ0n) is 12.3. The SMILES string of the molecule is CC(=O)c1ccc2c(c1)C=Cc1ccccc1C21OCCO1. The quantitative estimate of drug-likeness (QED) is 0.753. The molecule has 1 aliphatic carbocycles. The van der Waals surface area contributed by atoms with E-state index in [1.54, 1.807) is 6.92 Å². The molecule has 1 aliphatic heterocycles. The third-order valence-corrected chi connectivity index (χ3v) is 4.26. The van der Waals surface area contributed by atoms with Crippen molar-refractivity contribution in [1.29, 1.82) is 0 Å². The van der Waals surface area contributed by atoms with Crippen LogP contribution in [0.4, 0.5) is 0 Å². The number of benzene rings is 2. The number of hydrogen-bond acceptors (Lipinski definition) is 3. The minimum Gasteiger partial charge on any atom is -0.340 e. The molecule has 0 N–H and O–H groups in total. The van der Waals surface area contributed by atoms with Crippen LogP contribution in [0.25, 0.3) is 12.2 Å². The van der Waals surface area contributed by atoms with E-state index in [1.807, 2.05) is 42.5 Å². The Hall–Kier alpha value is -2.23. The molecule has 3 heteroatoms. The van der Waals surface area contributed by atoms with Crippen molar-refractivity contribution in [3.05, 3.63) is 70.3 Å². The largest absolute Gasteiger partial charge is 0.340 e. The molecule has 0 radical (unpaired) electrons. The Bertz CT molecular complexity index is 783. The molecular formula is C19H16O3. The van der Waals surface area contributed by atoms with Gasteiger partial charge in [-0.2, -0.15) is 0 Å². The summed E-state index contributed by atoms with van der Waals surface area (Å²) in [5.41, 5.74) is 4.70. The van der Waals surface area contributed by atoms with Gasteiger partial charge in [-0.15, -0.1) is 0 Å². The molecule has 0 bridgehead atoms. The van der Waals surface area contributed by atoms with Crippen molar-refractivity contribution in [2.75, 3.05) is 13.2 Å². The monoisotopic (exact) mass is 292 g/mol. The molecule has 0 saturated carbocycles. The van der Waals surface area contributed by atoms with E-state index in [2.05, 4.69) is 12.1 Å². The molecule has 1 spiro atoms. The third kappa shape index (κ3) is 1.86. The maximum atomic E-state index is 11.7. The molecule has 4 rings (SSSR count). The van der Waals surface area contributed by atoms with Gasteiger partial charge in [0.05, 0.1) is 13.2 Å². The Balaban J connectivity index is 2.00. The van der Waals surface area contributed by atoms with Gasteiger partial charge in [-0.1, -0.05) is 48.6 Å². The molecular weight excluding hydrogens is 276 g/mol. The van der Waals surface area contributed by atoms with E-state index in [0.29, 0.717) is 18.8 Å². The van der Waals surface area contributed by atoms with Crippen LogP contribution in [-0.2, 0) is 15.3 Å². The first kappa shape index (κ1) is 13.4. The number of ketones is 1. The summed E-state index contributed by atoms with van der Waals surface area (Å²) in [4.78, 5) is 11.7. The van der Waals surface area contributed by atoms with Crippen LogP contribution in [0.5, 0.6) is 0 Å². The maximum Gasteiger partial charge on any atom is 0.223 e. The Kier molecular flexibility index (Phi) is 2.99. The first-order valence-electron chi connectivity index (χ1n) is 7.42. The number of rotatable bonds is 1. The van der Waals surface area contributed by atoms with Gasteiger partial charge in [-0.05, 0) is 24.1 Å². The summed E-state index contributed by atoms with van der Waals surface area (Å²) in [6.07, 6.45) is 4.08. The minimum absolute atomic E-state index is 0.0558. The predicted molar refractivity (Wildman–Crippen MR) is 84.5 cm³/mol. The standard InChI is InChI=1S/C19H16O3/c1-13(20)15-8-9-18-16(12-15)7-6-14-4-2-3-5-17(14)19(18)21-10-11-22-19/h2-9,12H,10-11H2,1H3. The average Bonchev–Trinajstić information content (AvgIpc) is 2.98. The Morgan fingerprint density at radius 1 is 0.955 bits per heavy atom. The van der Waals surface area contributed by atoms with Crippen molar-refractivity contribution in [3.8, 4) is 0 Å². The maximum absolute atomic E-state index is 11.7. The molecule has 110 valence electrons. The van der Waals surface area contributed by atoms with E-state index in [0.717, 1.165) is 22.3 Å². The van der Waals surface area contributed by atoms with E-state index in [1.165, 1.54) is 0 Å². The summed E-state index contributed by atoms with van der Waals surface area (Å²) < 4.78 is 12.1. The lowest BCUT2D eigenvalue weighted by atomic mass is 9.91. The molecule has 2 aromatic carbocycles. The Labute approximate surface area is 129 Å². The molecule has 0 amide bonds. The third-order valence-electron chi connectivity index (χ3n) is 4.26. The molecule has 1 saturated heterocycles.